The number of ketones is 1. The van der Waals surface area contributed by atoms with Gasteiger partial charge in [-0.25, -0.2) is 0 Å². The first-order valence-electron chi connectivity index (χ1n) is 3.20. The quantitative estimate of drug-likeness (QED) is 0.439. The van der Waals surface area contributed by atoms with E-state index in [1.165, 1.54) is 0 Å². The van der Waals surface area contributed by atoms with Crippen LogP contribution in [-0.4, -0.2) is 5.78 Å². The molecular weight excluding hydrogens is 140 g/mol. The first-order chi connectivity index (χ1) is 5.33. The van der Waals surface area contributed by atoms with E-state index >= 15 is 0 Å². The van der Waals surface area contributed by atoms with Crippen molar-refractivity contribution >= 4 is 5.78 Å². The van der Waals surface area contributed by atoms with Gasteiger partial charge in [0, 0.05) is 12.1 Å². The summed E-state index contributed by atoms with van der Waals surface area (Å²) < 4.78 is 1.66. The highest BCUT2D eigenvalue weighted by atomic mass is 16.1. The summed E-state index contributed by atoms with van der Waals surface area (Å²) in [5, 5.41) is 8.18. The number of carbonyl (C=O) groups excluding carboxylic acids is 1. The Morgan fingerprint density at radius 2 is 2.00 bits per heavy atom. The van der Waals surface area contributed by atoms with E-state index in [9.17, 15) is 4.79 Å². The predicted molar refractivity (Wildman–Crippen MR) is 37.3 cm³/mol. The molecule has 0 aliphatic rings. The van der Waals surface area contributed by atoms with E-state index in [4.69, 9.17) is 5.26 Å². The summed E-state index contributed by atoms with van der Waals surface area (Å²) in [6.07, 6.45) is 3.49. The molecule has 0 amide bonds. The second-order valence-electron chi connectivity index (χ2n) is 2.08. The number of hydrogen-bond donors (Lipinski definition) is 0. The van der Waals surface area contributed by atoms with Gasteiger partial charge in [-0.2, -0.15) is 9.83 Å². The lowest BCUT2D eigenvalue weighted by molar-refractivity contribution is -0.683. The Hall–Kier alpha value is -1.69. The molecule has 0 bridgehead atoms. The van der Waals surface area contributed by atoms with Crippen LogP contribution >= 0.6 is 0 Å². The number of nitrogens with zero attached hydrogens (tertiary/aromatic N) is 2. The first kappa shape index (κ1) is 7.42. The Labute approximate surface area is 64.5 Å². The molecule has 1 aromatic heterocycles. The minimum atomic E-state index is -0.429. The van der Waals surface area contributed by atoms with Crippen LogP contribution in [0.25, 0.3) is 0 Å². The summed E-state index contributed by atoms with van der Waals surface area (Å²) in [5.41, 5.74) is 0. The number of carbonyl (C=O) groups is 1. The average molecular weight is 147 g/mol. The van der Waals surface area contributed by atoms with Crippen molar-refractivity contribution in [1.29, 1.82) is 5.26 Å². The summed E-state index contributed by atoms with van der Waals surface area (Å²) in [5.74, 6) is -0.429. The van der Waals surface area contributed by atoms with Crippen LogP contribution in [0, 0.1) is 11.3 Å². The highest BCUT2D eigenvalue weighted by Crippen LogP contribution is 1.77. The third kappa shape index (κ3) is 2.18. The van der Waals surface area contributed by atoms with Crippen molar-refractivity contribution in [2.45, 2.75) is 6.54 Å². The van der Waals surface area contributed by atoms with Gasteiger partial charge >= 0.3 is 0 Å². The highest BCUT2D eigenvalue weighted by Gasteiger charge is 2.05. The minimum absolute atomic E-state index is 0.136. The van der Waals surface area contributed by atoms with Crippen LogP contribution < -0.4 is 4.57 Å². The fourth-order valence-electron chi connectivity index (χ4n) is 0.741. The van der Waals surface area contributed by atoms with E-state index in [-0.39, 0.29) is 6.54 Å². The van der Waals surface area contributed by atoms with Gasteiger partial charge in [0.2, 0.25) is 6.54 Å². The van der Waals surface area contributed by atoms with Crippen molar-refractivity contribution in [1.82, 2.24) is 0 Å². The lowest BCUT2D eigenvalue weighted by Crippen LogP contribution is -2.36. The highest BCUT2D eigenvalue weighted by molar-refractivity contribution is 5.91. The normalized spacial score (nSPS) is 8.64. The molecule has 0 saturated carbocycles. The van der Waals surface area contributed by atoms with Gasteiger partial charge in [-0.15, -0.1) is 0 Å². The van der Waals surface area contributed by atoms with Gasteiger partial charge < -0.3 is 0 Å². The van der Waals surface area contributed by atoms with E-state index in [0.29, 0.717) is 0 Å². The molecule has 0 radical (unpaired) electrons. The van der Waals surface area contributed by atoms with Crippen LogP contribution in [0.5, 0.6) is 0 Å². The Morgan fingerprint density at radius 3 is 2.55 bits per heavy atom. The zero-order valence-corrected chi connectivity index (χ0v) is 5.90. The smallest absolute Gasteiger partial charge is 0.275 e. The fraction of sp³-hybridized carbons (Fsp3) is 0.125. The van der Waals surface area contributed by atoms with Crippen LogP contribution in [0.15, 0.2) is 30.6 Å². The van der Waals surface area contributed by atoms with Crippen molar-refractivity contribution < 1.29 is 9.36 Å². The average Bonchev–Trinajstić information content (AvgIpc) is 2.06. The number of pyridine rings is 1. The largest absolute Gasteiger partial charge is 0.296 e. The standard InChI is InChI=1S/C8H7N2O/c9-6-8(11)7-10-4-2-1-3-5-10/h1-5H,7H2/q+1. The lowest BCUT2D eigenvalue weighted by atomic mass is 10.4. The zero-order chi connectivity index (χ0) is 8.10. The van der Waals surface area contributed by atoms with Crippen molar-refractivity contribution in [3.8, 4) is 6.07 Å². The molecular formula is C8H7N2O+. The number of Topliss-reactive ketones (excluding diaryl/α,β-unsaturated/α-hetero) is 1. The van der Waals surface area contributed by atoms with Gasteiger partial charge in [-0.05, 0) is 0 Å². The monoisotopic (exact) mass is 147 g/mol. The molecule has 1 heterocycles. The third-order valence-corrected chi connectivity index (χ3v) is 1.23. The molecule has 0 spiro atoms. The summed E-state index contributed by atoms with van der Waals surface area (Å²) in [6, 6.07) is 7.03. The van der Waals surface area contributed by atoms with E-state index in [1.54, 1.807) is 23.0 Å². The molecule has 0 aliphatic heterocycles. The molecule has 0 N–H and O–H groups in total. The molecule has 11 heavy (non-hydrogen) atoms. The van der Waals surface area contributed by atoms with E-state index in [1.807, 2.05) is 18.2 Å². The van der Waals surface area contributed by atoms with Gasteiger partial charge in [-0.3, -0.25) is 4.79 Å². The molecule has 3 nitrogen and oxygen atoms in total. The fourth-order valence-corrected chi connectivity index (χ4v) is 0.741. The molecule has 0 aromatic carbocycles. The second kappa shape index (κ2) is 3.47. The van der Waals surface area contributed by atoms with E-state index < -0.39 is 5.78 Å². The van der Waals surface area contributed by atoms with Gasteiger partial charge in [0.15, 0.2) is 12.4 Å². The van der Waals surface area contributed by atoms with Gasteiger partial charge in [0.25, 0.3) is 5.78 Å². The van der Waals surface area contributed by atoms with Crippen LogP contribution in [0.3, 0.4) is 0 Å². The molecule has 0 aliphatic carbocycles. The Morgan fingerprint density at radius 1 is 1.36 bits per heavy atom. The maximum absolute atomic E-state index is 10.6. The maximum Gasteiger partial charge on any atom is 0.296 e. The SMILES string of the molecule is N#CC(=O)C[n+]1ccccc1. The van der Waals surface area contributed by atoms with E-state index in [0.717, 1.165) is 0 Å². The van der Waals surface area contributed by atoms with E-state index in [2.05, 4.69) is 0 Å². The topological polar surface area (TPSA) is 44.7 Å². The molecule has 3 heteroatoms. The molecule has 0 atom stereocenters. The van der Waals surface area contributed by atoms with Crippen molar-refractivity contribution in [3.63, 3.8) is 0 Å². The van der Waals surface area contributed by atoms with Crippen LogP contribution in [0.1, 0.15) is 0 Å². The maximum atomic E-state index is 10.6. The van der Waals surface area contributed by atoms with Crippen LogP contribution in [0.2, 0.25) is 0 Å². The number of nitriles is 1. The molecule has 0 unspecified atom stereocenters. The summed E-state index contributed by atoms with van der Waals surface area (Å²) in [6.45, 7) is 0.136. The van der Waals surface area contributed by atoms with Crippen LogP contribution in [-0.2, 0) is 11.3 Å². The molecule has 0 fully saturated rings. The van der Waals surface area contributed by atoms with Crippen molar-refractivity contribution in [2.24, 2.45) is 0 Å². The van der Waals surface area contributed by atoms with Crippen molar-refractivity contribution in [2.75, 3.05) is 0 Å². The minimum Gasteiger partial charge on any atom is -0.275 e. The lowest BCUT2D eigenvalue weighted by Gasteiger charge is -1.87. The Balaban J connectivity index is 2.67. The number of aromatic nitrogens is 1. The number of rotatable bonds is 2. The summed E-state index contributed by atoms with van der Waals surface area (Å²) >= 11 is 0. The molecule has 0 saturated heterocycles. The predicted octanol–water partition coefficient (Wildman–Crippen LogP) is 0.0668. The third-order valence-electron chi connectivity index (χ3n) is 1.23. The van der Waals surface area contributed by atoms with Crippen LogP contribution in [0.4, 0.5) is 0 Å². The van der Waals surface area contributed by atoms with Crippen molar-refractivity contribution in [3.05, 3.63) is 30.6 Å². The second-order valence-corrected chi connectivity index (χ2v) is 2.08. The zero-order valence-electron chi connectivity index (χ0n) is 5.90. The molecule has 54 valence electrons. The molecule has 1 rings (SSSR count). The number of hydrogen-bond acceptors (Lipinski definition) is 2. The Kier molecular flexibility index (Phi) is 2.34. The summed E-state index contributed by atoms with van der Waals surface area (Å²) in [7, 11) is 0. The molecule has 1 aromatic rings. The van der Waals surface area contributed by atoms with Gasteiger partial charge in [-0.1, -0.05) is 6.07 Å². The first-order valence-corrected chi connectivity index (χ1v) is 3.20. The Bertz CT molecular complexity index is 287. The van der Waals surface area contributed by atoms with Gasteiger partial charge in [0.05, 0.1) is 0 Å². The van der Waals surface area contributed by atoms with Gasteiger partial charge in [0.1, 0.15) is 6.07 Å². The summed E-state index contributed by atoms with van der Waals surface area (Å²) in [4.78, 5) is 10.6.